The summed E-state index contributed by atoms with van der Waals surface area (Å²) in [4.78, 5) is 14.2. The Morgan fingerprint density at radius 3 is 2.75 bits per heavy atom. The summed E-state index contributed by atoms with van der Waals surface area (Å²) >= 11 is 0. The lowest BCUT2D eigenvalue weighted by molar-refractivity contribution is -0.133. The molecule has 0 aromatic heterocycles. The molecule has 1 saturated heterocycles. The van der Waals surface area contributed by atoms with Gasteiger partial charge in [-0.15, -0.1) is 0 Å². The number of hydrogen-bond donors (Lipinski definition) is 2. The third-order valence-electron chi connectivity index (χ3n) is 4.52. The zero-order valence-corrected chi connectivity index (χ0v) is 12.8. The van der Waals surface area contributed by atoms with Crippen LogP contribution in [0.4, 0.5) is 0 Å². The Labute approximate surface area is 122 Å². The molecular formula is C16H30N2O2. The standard InChI is InChI=1S/C16H30N2O2/c1-2-4-16(20)18-11-14(5-3-8-19)9-15(12-18)17-10-13-6-7-13/h13-15,17,19H,2-12H2,1H3. The van der Waals surface area contributed by atoms with Crippen molar-refractivity contribution in [3.63, 3.8) is 0 Å². The summed E-state index contributed by atoms with van der Waals surface area (Å²) in [6, 6.07) is 0.453. The molecule has 1 saturated carbocycles. The Kier molecular flexibility index (Phi) is 6.30. The zero-order chi connectivity index (χ0) is 14.4. The first kappa shape index (κ1) is 15.8. The smallest absolute Gasteiger partial charge is 0.222 e. The summed E-state index contributed by atoms with van der Waals surface area (Å²) < 4.78 is 0. The number of rotatable bonds is 8. The van der Waals surface area contributed by atoms with Gasteiger partial charge >= 0.3 is 0 Å². The Hall–Kier alpha value is -0.610. The molecule has 2 unspecified atom stereocenters. The highest BCUT2D eigenvalue weighted by Crippen LogP contribution is 2.29. The van der Waals surface area contributed by atoms with Gasteiger partial charge in [-0.2, -0.15) is 0 Å². The first-order chi connectivity index (χ1) is 9.72. The second-order valence-corrected chi connectivity index (χ2v) is 6.56. The maximum absolute atomic E-state index is 12.2. The van der Waals surface area contributed by atoms with Gasteiger partial charge in [0.1, 0.15) is 0 Å². The van der Waals surface area contributed by atoms with Crippen LogP contribution in [0.15, 0.2) is 0 Å². The van der Waals surface area contributed by atoms with Crippen molar-refractivity contribution in [2.45, 2.75) is 57.9 Å². The summed E-state index contributed by atoms with van der Waals surface area (Å²) in [6.07, 6.45) is 7.38. The predicted molar refractivity (Wildman–Crippen MR) is 80.4 cm³/mol. The Balaban J connectivity index is 1.84. The zero-order valence-electron chi connectivity index (χ0n) is 12.8. The molecule has 2 fully saturated rings. The van der Waals surface area contributed by atoms with Crippen LogP contribution in [0.25, 0.3) is 0 Å². The van der Waals surface area contributed by atoms with Gasteiger partial charge in [0, 0.05) is 32.2 Å². The minimum absolute atomic E-state index is 0.263. The summed E-state index contributed by atoms with van der Waals surface area (Å²) in [7, 11) is 0. The Morgan fingerprint density at radius 2 is 2.10 bits per heavy atom. The number of carbonyl (C=O) groups is 1. The Bertz CT molecular complexity index is 305. The van der Waals surface area contributed by atoms with Crippen LogP contribution >= 0.6 is 0 Å². The third-order valence-corrected chi connectivity index (χ3v) is 4.52. The second-order valence-electron chi connectivity index (χ2n) is 6.56. The molecule has 20 heavy (non-hydrogen) atoms. The van der Waals surface area contributed by atoms with Gasteiger partial charge in [0.05, 0.1) is 0 Å². The largest absolute Gasteiger partial charge is 0.396 e. The molecule has 4 heteroatoms. The molecule has 2 N–H and O–H groups in total. The van der Waals surface area contributed by atoms with Crippen molar-refractivity contribution in [2.24, 2.45) is 11.8 Å². The van der Waals surface area contributed by atoms with Crippen molar-refractivity contribution in [3.05, 3.63) is 0 Å². The van der Waals surface area contributed by atoms with Gasteiger partial charge in [-0.1, -0.05) is 6.92 Å². The lowest BCUT2D eigenvalue weighted by Crippen LogP contribution is -2.51. The molecule has 1 heterocycles. The van der Waals surface area contributed by atoms with E-state index >= 15 is 0 Å². The molecule has 2 atom stereocenters. The number of aliphatic hydroxyl groups is 1. The van der Waals surface area contributed by atoms with E-state index in [9.17, 15) is 4.79 Å². The molecule has 0 bridgehead atoms. The normalized spacial score (nSPS) is 26.8. The van der Waals surface area contributed by atoms with Crippen LogP contribution in [-0.2, 0) is 4.79 Å². The molecule has 0 aromatic carbocycles. The quantitative estimate of drug-likeness (QED) is 0.713. The molecular weight excluding hydrogens is 252 g/mol. The van der Waals surface area contributed by atoms with Crippen molar-refractivity contribution in [1.82, 2.24) is 10.2 Å². The predicted octanol–water partition coefficient (Wildman–Crippen LogP) is 1.78. The number of amides is 1. The molecule has 2 rings (SSSR count). The van der Waals surface area contributed by atoms with Crippen molar-refractivity contribution < 1.29 is 9.90 Å². The lowest BCUT2D eigenvalue weighted by Gasteiger charge is -2.38. The van der Waals surface area contributed by atoms with Gasteiger partial charge in [0.2, 0.25) is 5.91 Å². The van der Waals surface area contributed by atoms with E-state index in [1.165, 1.54) is 12.8 Å². The molecule has 0 spiro atoms. The van der Waals surface area contributed by atoms with E-state index < -0.39 is 0 Å². The minimum Gasteiger partial charge on any atom is -0.396 e. The van der Waals surface area contributed by atoms with Crippen LogP contribution in [-0.4, -0.2) is 48.2 Å². The van der Waals surface area contributed by atoms with E-state index in [1.807, 2.05) is 0 Å². The molecule has 2 aliphatic rings. The van der Waals surface area contributed by atoms with E-state index in [0.717, 1.165) is 51.2 Å². The van der Waals surface area contributed by atoms with Crippen molar-refractivity contribution in [1.29, 1.82) is 0 Å². The van der Waals surface area contributed by atoms with Crippen molar-refractivity contribution in [3.8, 4) is 0 Å². The fourth-order valence-electron chi connectivity index (χ4n) is 3.17. The van der Waals surface area contributed by atoms with E-state index in [2.05, 4.69) is 17.1 Å². The minimum atomic E-state index is 0.263. The van der Waals surface area contributed by atoms with Crippen LogP contribution in [0.1, 0.15) is 51.9 Å². The number of aliphatic hydroxyl groups excluding tert-OH is 1. The van der Waals surface area contributed by atoms with Crippen LogP contribution in [0.5, 0.6) is 0 Å². The average Bonchev–Trinajstić information content (AvgIpc) is 3.27. The fourth-order valence-corrected chi connectivity index (χ4v) is 3.17. The van der Waals surface area contributed by atoms with Crippen LogP contribution < -0.4 is 5.32 Å². The molecule has 0 radical (unpaired) electrons. The molecule has 0 aromatic rings. The summed E-state index contributed by atoms with van der Waals surface area (Å²) in [5.41, 5.74) is 0. The SMILES string of the molecule is CCCC(=O)N1CC(CCCO)CC(NCC2CC2)C1. The maximum Gasteiger partial charge on any atom is 0.222 e. The number of piperidine rings is 1. The van der Waals surface area contributed by atoms with Gasteiger partial charge < -0.3 is 15.3 Å². The Morgan fingerprint density at radius 1 is 1.30 bits per heavy atom. The maximum atomic E-state index is 12.2. The summed E-state index contributed by atoms with van der Waals surface area (Å²) in [5, 5.41) is 12.7. The molecule has 4 nitrogen and oxygen atoms in total. The third kappa shape index (κ3) is 5.06. The topological polar surface area (TPSA) is 52.6 Å². The monoisotopic (exact) mass is 282 g/mol. The van der Waals surface area contributed by atoms with E-state index in [-0.39, 0.29) is 6.61 Å². The van der Waals surface area contributed by atoms with Crippen molar-refractivity contribution in [2.75, 3.05) is 26.2 Å². The fraction of sp³-hybridized carbons (Fsp3) is 0.938. The van der Waals surface area contributed by atoms with Crippen LogP contribution in [0.3, 0.4) is 0 Å². The summed E-state index contributed by atoms with van der Waals surface area (Å²) in [5.74, 6) is 1.74. The van der Waals surface area contributed by atoms with Crippen LogP contribution in [0.2, 0.25) is 0 Å². The number of hydrogen-bond acceptors (Lipinski definition) is 3. The van der Waals surface area contributed by atoms with E-state index in [4.69, 9.17) is 5.11 Å². The van der Waals surface area contributed by atoms with Gasteiger partial charge in [0.15, 0.2) is 0 Å². The highest BCUT2D eigenvalue weighted by molar-refractivity contribution is 5.76. The highest BCUT2D eigenvalue weighted by Gasteiger charge is 2.30. The number of nitrogens with one attached hydrogen (secondary N) is 1. The summed E-state index contributed by atoms with van der Waals surface area (Å²) in [6.45, 7) is 5.21. The molecule has 1 aliphatic heterocycles. The van der Waals surface area contributed by atoms with E-state index in [0.29, 0.717) is 24.3 Å². The number of likely N-dealkylation sites (tertiary alicyclic amines) is 1. The molecule has 1 aliphatic carbocycles. The highest BCUT2D eigenvalue weighted by atomic mass is 16.2. The van der Waals surface area contributed by atoms with Gasteiger partial charge in [-0.25, -0.2) is 0 Å². The van der Waals surface area contributed by atoms with Crippen molar-refractivity contribution >= 4 is 5.91 Å². The number of nitrogens with zero attached hydrogens (tertiary/aromatic N) is 1. The second kappa shape index (κ2) is 7.99. The van der Waals surface area contributed by atoms with E-state index in [1.54, 1.807) is 0 Å². The van der Waals surface area contributed by atoms with Gasteiger partial charge in [-0.3, -0.25) is 4.79 Å². The van der Waals surface area contributed by atoms with Gasteiger partial charge in [0.25, 0.3) is 0 Å². The first-order valence-corrected chi connectivity index (χ1v) is 8.35. The lowest BCUT2D eigenvalue weighted by atomic mass is 9.90. The molecule has 116 valence electrons. The van der Waals surface area contributed by atoms with Gasteiger partial charge in [-0.05, 0) is 56.9 Å². The average molecular weight is 282 g/mol. The first-order valence-electron chi connectivity index (χ1n) is 8.35. The molecule has 1 amide bonds. The van der Waals surface area contributed by atoms with Crippen LogP contribution in [0, 0.1) is 11.8 Å². The number of carbonyl (C=O) groups excluding carboxylic acids is 1.